The van der Waals surface area contributed by atoms with Gasteiger partial charge in [0.2, 0.25) is 0 Å². The van der Waals surface area contributed by atoms with E-state index in [4.69, 9.17) is 4.74 Å². The van der Waals surface area contributed by atoms with Crippen molar-refractivity contribution in [2.45, 2.75) is 72.6 Å². The summed E-state index contributed by atoms with van der Waals surface area (Å²) in [5, 5.41) is 6.63. The largest absolute Gasteiger partial charge is 0.444 e. The van der Waals surface area contributed by atoms with Crippen LogP contribution < -0.4 is 10.6 Å². The normalized spacial score (nSPS) is 13.0. The number of rotatable bonds is 9. The highest BCUT2D eigenvalue weighted by atomic mass is 16.6. The smallest absolute Gasteiger partial charge is 0.410 e. The van der Waals surface area contributed by atoms with Gasteiger partial charge in [-0.1, -0.05) is 13.0 Å². The van der Waals surface area contributed by atoms with Gasteiger partial charge in [-0.3, -0.25) is 9.98 Å². The van der Waals surface area contributed by atoms with Crippen molar-refractivity contribution in [3.05, 3.63) is 30.1 Å². The molecule has 7 nitrogen and oxygen atoms in total. The molecule has 1 heterocycles. The summed E-state index contributed by atoms with van der Waals surface area (Å²) in [5.41, 5.74) is 0.449. The standard InChI is InChI=1S/C21H37N5O2/c1-7-17(3)25-19(23-8-2)24-13-10-14-26(20(27)28-21(4,5)6)16-18-11-9-12-22-15-18/h9,11-12,15,17H,7-8,10,13-14,16H2,1-6H3,(H2,23,24,25). The minimum atomic E-state index is -0.527. The van der Waals surface area contributed by atoms with Gasteiger partial charge in [0.05, 0.1) is 6.54 Å². The quantitative estimate of drug-likeness (QED) is 0.382. The SMILES string of the molecule is CCNC(=NCCCN(Cc1cccnc1)C(=O)OC(C)(C)C)NC(C)CC. The van der Waals surface area contributed by atoms with E-state index in [-0.39, 0.29) is 6.09 Å². The van der Waals surface area contributed by atoms with Crippen molar-refractivity contribution in [2.75, 3.05) is 19.6 Å². The molecule has 0 saturated carbocycles. The Bertz CT molecular complexity index is 599. The van der Waals surface area contributed by atoms with Crippen molar-refractivity contribution in [3.8, 4) is 0 Å². The molecule has 0 aliphatic carbocycles. The van der Waals surface area contributed by atoms with Crippen LogP contribution in [-0.4, -0.2) is 53.2 Å². The molecule has 0 aliphatic heterocycles. The number of carbonyl (C=O) groups excluding carboxylic acids is 1. The van der Waals surface area contributed by atoms with Crippen LogP contribution in [0, 0.1) is 0 Å². The summed E-state index contributed by atoms with van der Waals surface area (Å²) >= 11 is 0. The Morgan fingerprint density at radius 2 is 2.11 bits per heavy atom. The predicted octanol–water partition coefficient (Wildman–Crippen LogP) is 3.56. The molecule has 1 amide bonds. The minimum absolute atomic E-state index is 0.315. The van der Waals surface area contributed by atoms with E-state index in [1.165, 1.54) is 0 Å². The second-order valence-electron chi connectivity index (χ2n) is 7.83. The number of ether oxygens (including phenoxy) is 1. The number of nitrogens with one attached hydrogen (secondary N) is 2. The first-order valence-corrected chi connectivity index (χ1v) is 10.2. The zero-order chi connectivity index (χ0) is 21.0. The van der Waals surface area contributed by atoms with Gasteiger partial charge in [-0.05, 0) is 59.1 Å². The molecule has 0 aliphatic rings. The number of aliphatic imine (C=N–C) groups is 1. The van der Waals surface area contributed by atoms with Gasteiger partial charge >= 0.3 is 6.09 Å². The summed E-state index contributed by atoms with van der Waals surface area (Å²) in [6, 6.07) is 4.19. The van der Waals surface area contributed by atoms with Gasteiger partial charge in [-0.2, -0.15) is 0 Å². The van der Waals surface area contributed by atoms with Crippen LogP contribution >= 0.6 is 0 Å². The van der Waals surface area contributed by atoms with Gasteiger partial charge in [-0.15, -0.1) is 0 Å². The monoisotopic (exact) mass is 391 g/mol. The average Bonchev–Trinajstić information content (AvgIpc) is 2.63. The number of hydrogen-bond acceptors (Lipinski definition) is 4. The Balaban J connectivity index is 2.69. The first-order chi connectivity index (χ1) is 13.2. The first kappa shape index (κ1) is 23.7. The lowest BCUT2D eigenvalue weighted by Gasteiger charge is -2.27. The predicted molar refractivity (Wildman–Crippen MR) is 114 cm³/mol. The van der Waals surface area contributed by atoms with E-state index in [0.717, 1.165) is 30.9 Å². The highest BCUT2D eigenvalue weighted by molar-refractivity contribution is 5.80. The number of guanidine groups is 1. The van der Waals surface area contributed by atoms with Crippen LogP contribution in [0.25, 0.3) is 0 Å². The van der Waals surface area contributed by atoms with E-state index in [2.05, 4.69) is 34.5 Å². The fourth-order valence-corrected chi connectivity index (χ4v) is 2.38. The minimum Gasteiger partial charge on any atom is -0.444 e. The molecule has 0 radical (unpaired) electrons. The highest BCUT2D eigenvalue weighted by Gasteiger charge is 2.22. The summed E-state index contributed by atoms with van der Waals surface area (Å²) in [6.07, 6.45) is 4.96. The Labute approximate surface area is 170 Å². The molecule has 28 heavy (non-hydrogen) atoms. The molecule has 0 aromatic carbocycles. The van der Waals surface area contributed by atoms with Crippen LogP contribution in [0.4, 0.5) is 4.79 Å². The molecule has 0 saturated heterocycles. The molecule has 0 fully saturated rings. The summed E-state index contributed by atoms with van der Waals surface area (Å²) in [5.74, 6) is 0.813. The van der Waals surface area contributed by atoms with Crippen molar-refractivity contribution in [3.63, 3.8) is 0 Å². The molecule has 0 bridgehead atoms. The fourth-order valence-electron chi connectivity index (χ4n) is 2.38. The number of nitrogens with zero attached hydrogens (tertiary/aromatic N) is 3. The van der Waals surface area contributed by atoms with Crippen molar-refractivity contribution in [2.24, 2.45) is 4.99 Å². The van der Waals surface area contributed by atoms with Gasteiger partial charge in [0.1, 0.15) is 5.60 Å². The van der Waals surface area contributed by atoms with E-state index in [9.17, 15) is 4.79 Å². The van der Waals surface area contributed by atoms with E-state index in [0.29, 0.717) is 25.7 Å². The summed E-state index contributed by atoms with van der Waals surface area (Å²) in [4.78, 5) is 23.1. The van der Waals surface area contributed by atoms with E-state index >= 15 is 0 Å². The van der Waals surface area contributed by atoms with Crippen LogP contribution in [0.3, 0.4) is 0 Å². The van der Waals surface area contributed by atoms with Crippen molar-refractivity contribution in [1.29, 1.82) is 0 Å². The van der Waals surface area contributed by atoms with Crippen LogP contribution in [0.1, 0.15) is 59.9 Å². The molecular formula is C21H37N5O2. The van der Waals surface area contributed by atoms with Gasteiger partial charge in [0.15, 0.2) is 5.96 Å². The molecular weight excluding hydrogens is 354 g/mol. The number of carbonyl (C=O) groups is 1. The van der Waals surface area contributed by atoms with Gasteiger partial charge < -0.3 is 20.3 Å². The number of pyridine rings is 1. The zero-order valence-corrected chi connectivity index (χ0v) is 18.3. The third kappa shape index (κ3) is 10.1. The van der Waals surface area contributed by atoms with Crippen LogP contribution in [0.5, 0.6) is 0 Å². The Morgan fingerprint density at radius 3 is 2.68 bits per heavy atom. The number of hydrogen-bond donors (Lipinski definition) is 2. The van der Waals surface area contributed by atoms with Crippen LogP contribution in [-0.2, 0) is 11.3 Å². The van der Waals surface area contributed by atoms with Gasteiger partial charge in [-0.25, -0.2) is 4.79 Å². The number of amides is 1. The summed E-state index contributed by atoms with van der Waals surface area (Å²) in [6.45, 7) is 14.4. The lowest BCUT2D eigenvalue weighted by Crippen LogP contribution is -2.42. The zero-order valence-electron chi connectivity index (χ0n) is 18.3. The first-order valence-electron chi connectivity index (χ1n) is 10.2. The maximum atomic E-state index is 12.6. The molecule has 1 unspecified atom stereocenters. The van der Waals surface area contributed by atoms with Gasteiger partial charge in [0, 0.05) is 38.1 Å². The number of aromatic nitrogens is 1. The van der Waals surface area contributed by atoms with Crippen molar-refractivity contribution in [1.82, 2.24) is 20.5 Å². The van der Waals surface area contributed by atoms with Crippen molar-refractivity contribution < 1.29 is 9.53 Å². The molecule has 1 aromatic heterocycles. The maximum Gasteiger partial charge on any atom is 0.410 e. The summed E-state index contributed by atoms with van der Waals surface area (Å²) < 4.78 is 5.56. The Kier molecular flexibility index (Phi) is 10.3. The molecule has 2 N–H and O–H groups in total. The third-order valence-corrected chi connectivity index (χ3v) is 3.94. The van der Waals surface area contributed by atoms with Crippen molar-refractivity contribution >= 4 is 12.1 Å². The molecule has 1 atom stereocenters. The third-order valence-electron chi connectivity index (χ3n) is 3.94. The van der Waals surface area contributed by atoms with Crippen LogP contribution in [0.2, 0.25) is 0 Å². The molecule has 158 valence electrons. The molecule has 1 rings (SSSR count). The lowest BCUT2D eigenvalue weighted by atomic mass is 10.2. The van der Waals surface area contributed by atoms with E-state index in [1.54, 1.807) is 17.3 Å². The van der Waals surface area contributed by atoms with E-state index < -0.39 is 5.60 Å². The Hall–Kier alpha value is -2.31. The highest BCUT2D eigenvalue weighted by Crippen LogP contribution is 2.13. The maximum absolute atomic E-state index is 12.6. The second-order valence-corrected chi connectivity index (χ2v) is 7.83. The average molecular weight is 392 g/mol. The molecule has 1 aromatic rings. The Morgan fingerprint density at radius 1 is 1.36 bits per heavy atom. The molecule has 0 spiro atoms. The van der Waals surface area contributed by atoms with E-state index in [1.807, 2.05) is 39.8 Å². The fraction of sp³-hybridized carbons (Fsp3) is 0.667. The summed E-state index contributed by atoms with van der Waals surface area (Å²) in [7, 11) is 0. The lowest BCUT2D eigenvalue weighted by molar-refractivity contribution is 0.0232. The van der Waals surface area contributed by atoms with Gasteiger partial charge in [0.25, 0.3) is 0 Å². The van der Waals surface area contributed by atoms with Crippen LogP contribution in [0.15, 0.2) is 29.5 Å². The topological polar surface area (TPSA) is 78.9 Å². The second kappa shape index (κ2) is 12.2. The molecule has 7 heteroatoms.